The Hall–Kier alpha value is -0.860. The lowest BCUT2D eigenvalue weighted by atomic mass is 10.00. The van der Waals surface area contributed by atoms with Gasteiger partial charge < -0.3 is 5.73 Å². The van der Waals surface area contributed by atoms with Gasteiger partial charge >= 0.3 is 0 Å². The Kier molecular flexibility index (Phi) is 3.85. The summed E-state index contributed by atoms with van der Waals surface area (Å²) in [6, 6.07) is 7.16. The summed E-state index contributed by atoms with van der Waals surface area (Å²) in [5, 5.41) is 0. The first kappa shape index (κ1) is 12.6. The molecule has 2 atom stereocenters. The number of nitrogens with two attached hydrogens (primary N) is 1. The van der Waals surface area contributed by atoms with Crippen molar-refractivity contribution in [2.75, 3.05) is 19.6 Å². The van der Waals surface area contributed by atoms with Crippen LogP contribution in [0.25, 0.3) is 0 Å². The van der Waals surface area contributed by atoms with Gasteiger partial charge in [-0.1, -0.05) is 25.1 Å². The smallest absolute Gasteiger partial charge is 0.0470 e. The van der Waals surface area contributed by atoms with Gasteiger partial charge in [0.1, 0.15) is 0 Å². The molecule has 0 aliphatic carbocycles. The normalized spacial score (nSPS) is 22.9. The van der Waals surface area contributed by atoms with E-state index in [1.807, 2.05) is 0 Å². The summed E-state index contributed by atoms with van der Waals surface area (Å²) in [6.45, 7) is 9.77. The van der Waals surface area contributed by atoms with E-state index in [1.54, 1.807) is 0 Å². The van der Waals surface area contributed by atoms with Gasteiger partial charge in [0.2, 0.25) is 0 Å². The summed E-state index contributed by atoms with van der Waals surface area (Å²) in [4.78, 5) is 2.54. The van der Waals surface area contributed by atoms with E-state index in [4.69, 9.17) is 5.73 Å². The van der Waals surface area contributed by atoms with E-state index in [9.17, 15) is 0 Å². The lowest BCUT2D eigenvalue weighted by Gasteiger charge is -2.27. The molecule has 0 bridgehead atoms. The van der Waals surface area contributed by atoms with Crippen LogP contribution >= 0.6 is 0 Å². The van der Waals surface area contributed by atoms with Crippen molar-refractivity contribution in [1.29, 1.82) is 0 Å². The van der Waals surface area contributed by atoms with Gasteiger partial charge in [-0.3, -0.25) is 4.90 Å². The lowest BCUT2D eigenvalue weighted by molar-refractivity contribution is 0.243. The minimum Gasteiger partial charge on any atom is -0.329 e. The molecule has 1 fully saturated rings. The monoisotopic (exact) mass is 232 g/mol. The molecule has 1 saturated heterocycles. The van der Waals surface area contributed by atoms with Gasteiger partial charge in [0.05, 0.1) is 0 Å². The van der Waals surface area contributed by atoms with Crippen molar-refractivity contribution < 1.29 is 0 Å². The molecule has 2 nitrogen and oxygen atoms in total. The van der Waals surface area contributed by atoms with Crippen molar-refractivity contribution in [3.05, 3.63) is 34.9 Å². The van der Waals surface area contributed by atoms with Crippen molar-refractivity contribution in [2.45, 2.75) is 33.2 Å². The van der Waals surface area contributed by atoms with Gasteiger partial charge in [0.25, 0.3) is 0 Å². The molecule has 1 aromatic rings. The molecule has 94 valence electrons. The Balaban J connectivity index is 2.20. The van der Waals surface area contributed by atoms with Crippen LogP contribution in [0.3, 0.4) is 0 Å². The van der Waals surface area contributed by atoms with Crippen LogP contribution in [0.2, 0.25) is 0 Å². The number of hydrogen-bond donors (Lipinski definition) is 1. The molecule has 17 heavy (non-hydrogen) atoms. The van der Waals surface area contributed by atoms with Crippen LogP contribution in [0.5, 0.6) is 0 Å². The third-order valence-corrected chi connectivity index (χ3v) is 4.04. The summed E-state index contributed by atoms with van der Waals surface area (Å²) in [5.74, 6) is 0.815. The van der Waals surface area contributed by atoms with Crippen molar-refractivity contribution in [2.24, 2.45) is 11.7 Å². The van der Waals surface area contributed by atoms with E-state index >= 15 is 0 Å². The quantitative estimate of drug-likeness (QED) is 0.868. The zero-order valence-corrected chi connectivity index (χ0v) is 11.2. The van der Waals surface area contributed by atoms with Gasteiger partial charge in [-0.15, -0.1) is 0 Å². The average molecular weight is 232 g/mol. The van der Waals surface area contributed by atoms with Crippen LogP contribution in [0.15, 0.2) is 18.2 Å². The van der Waals surface area contributed by atoms with Crippen molar-refractivity contribution in [3.8, 4) is 0 Å². The molecule has 1 aliphatic heterocycles. The Bertz CT molecular complexity index is 387. The van der Waals surface area contributed by atoms with Crippen LogP contribution in [0, 0.1) is 19.8 Å². The highest BCUT2D eigenvalue weighted by molar-refractivity contribution is 5.32. The minimum absolute atomic E-state index is 0.402. The highest BCUT2D eigenvalue weighted by Crippen LogP contribution is 2.27. The van der Waals surface area contributed by atoms with Crippen LogP contribution in [0.1, 0.15) is 36.1 Å². The zero-order chi connectivity index (χ0) is 12.4. The molecule has 1 heterocycles. The van der Waals surface area contributed by atoms with Crippen LogP contribution in [-0.4, -0.2) is 24.5 Å². The second-order valence-corrected chi connectivity index (χ2v) is 5.48. The first-order valence-corrected chi connectivity index (χ1v) is 6.63. The SMILES string of the molecule is Cc1ccc(C(CN)N2CCC(C)C2)cc1C. The molecule has 0 radical (unpaired) electrons. The first-order valence-electron chi connectivity index (χ1n) is 6.63. The standard InChI is InChI=1S/C15H24N2/c1-11-6-7-17(10-11)15(9-16)14-5-4-12(2)13(3)8-14/h4-5,8,11,15H,6-7,9-10,16H2,1-3H3. The second-order valence-electron chi connectivity index (χ2n) is 5.48. The van der Waals surface area contributed by atoms with Gasteiger partial charge in [-0.2, -0.15) is 0 Å². The molecular weight excluding hydrogens is 208 g/mol. The summed E-state index contributed by atoms with van der Waals surface area (Å²) < 4.78 is 0. The number of rotatable bonds is 3. The predicted octanol–water partition coefficient (Wildman–Crippen LogP) is 2.65. The molecule has 1 aliphatic rings. The predicted molar refractivity (Wildman–Crippen MR) is 73.1 cm³/mol. The molecule has 2 unspecified atom stereocenters. The summed E-state index contributed by atoms with van der Waals surface area (Å²) >= 11 is 0. The molecule has 1 aromatic carbocycles. The van der Waals surface area contributed by atoms with Gasteiger partial charge in [-0.25, -0.2) is 0 Å². The van der Waals surface area contributed by atoms with E-state index in [-0.39, 0.29) is 0 Å². The first-order chi connectivity index (χ1) is 8.11. The molecule has 0 aromatic heterocycles. The highest BCUT2D eigenvalue weighted by Gasteiger charge is 2.26. The Morgan fingerprint density at radius 3 is 2.65 bits per heavy atom. The second kappa shape index (κ2) is 5.19. The average Bonchev–Trinajstić information content (AvgIpc) is 2.71. The molecular formula is C15H24N2. The Morgan fingerprint density at radius 2 is 2.12 bits per heavy atom. The largest absolute Gasteiger partial charge is 0.329 e. The molecule has 2 rings (SSSR count). The van der Waals surface area contributed by atoms with Crippen LogP contribution in [0.4, 0.5) is 0 Å². The van der Waals surface area contributed by atoms with E-state index in [1.165, 1.54) is 36.2 Å². The van der Waals surface area contributed by atoms with Crippen molar-refractivity contribution >= 4 is 0 Å². The summed E-state index contributed by atoms with van der Waals surface area (Å²) in [6.07, 6.45) is 1.31. The van der Waals surface area contributed by atoms with Crippen LogP contribution < -0.4 is 5.73 Å². The third kappa shape index (κ3) is 2.70. The number of nitrogens with zero attached hydrogens (tertiary/aromatic N) is 1. The Morgan fingerprint density at radius 1 is 1.35 bits per heavy atom. The Labute approximate surface area is 105 Å². The summed E-state index contributed by atoms with van der Waals surface area (Å²) in [7, 11) is 0. The molecule has 2 N–H and O–H groups in total. The fourth-order valence-electron chi connectivity index (χ4n) is 2.72. The zero-order valence-electron chi connectivity index (χ0n) is 11.2. The molecule has 2 heteroatoms. The number of likely N-dealkylation sites (tertiary alicyclic amines) is 1. The number of benzene rings is 1. The fraction of sp³-hybridized carbons (Fsp3) is 0.600. The van der Waals surface area contributed by atoms with Crippen molar-refractivity contribution in [1.82, 2.24) is 4.90 Å². The maximum atomic E-state index is 5.98. The highest BCUT2D eigenvalue weighted by atomic mass is 15.2. The van der Waals surface area contributed by atoms with Crippen molar-refractivity contribution in [3.63, 3.8) is 0 Å². The van der Waals surface area contributed by atoms with E-state index in [2.05, 4.69) is 43.9 Å². The number of aryl methyl sites for hydroxylation is 2. The third-order valence-electron chi connectivity index (χ3n) is 4.04. The lowest BCUT2D eigenvalue weighted by Crippen LogP contribution is -2.32. The molecule has 0 saturated carbocycles. The summed E-state index contributed by atoms with van der Waals surface area (Å²) in [5.41, 5.74) is 10.1. The van der Waals surface area contributed by atoms with Crippen LogP contribution in [-0.2, 0) is 0 Å². The molecule has 0 spiro atoms. The van der Waals surface area contributed by atoms with E-state index < -0.39 is 0 Å². The maximum Gasteiger partial charge on any atom is 0.0470 e. The maximum absolute atomic E-state index is 5.98. The van der Waals surface area contributed by atoms with Gasteiger partial charge in [0, 0.05) is 19.1 Å². The minimum atomic E-state index is 0.402. The number of hydrogen-bond acceptors (Lipinski definition) is 2. The van der Waals surface area contributed by atoms with E-state index in [0.29, 0.717) is 6.04 Å². The van der Waals surface area contributed by atoms with Gasteiger partial charge in [-0.05, 0) is 49.4 Å². The van der Waals surface area contributed by atoms with Gasteiger partial charge in [0.15, 0.2) is 0 Å². The topological polar surface area (TPSA) is 29.3 Å². The molecule has 0 amide bonds. The van der Waals surface area contributed by atoms with E-state index in [0.717, 1.165) is 12.5 Å². The fourth-order valence-corrected chi connectivity index (χ4v) is 2.72.